The maximum absolute atomic E-state index is 11.4. The van der Waals surface area contributed by atoms with Gasteiger partial charge >= 0.3 is 0 Å². The van der Waals surface area contributed by atoms with Gasteiger partial charge in [-0.15, -0.1) is 0 Å². The minimum Gasteiger partial charge on any atom is -0.337 e. The Hall–Kier alpha value is -0.610. The van der Waals surface area contributed by atoms with Gasteiger partial charge < -0.3 is 10.6 Å². The number of fused-ring (bicyclic) bond motifs is 1. The summed E-state index contributed by atoms with van der Waals surface area (Å²) in [5, 5.41) is 6.20. The lowest BCUT2D eigenvalue weighted by Gasteiger charge is -2.36. The molecule has 0 saturated carbocycles. The molecule has 68 valence electrons. The zero-order chi connectivity index (χ0) is 8.77. The first kappa shape index (κ1) is 8.01. The molecule has 4 nitrogen and oxygen atoms in total. The molecule has 0 spiro atoms. The van der Waals surface area contributed by atoms with Crippen LogP contribution in [0, 0.1) is 0 Å². The number of nitrogens with one attached hydrogen (secondary N) is 2. The summed E-state index contributed by atoms with van der Waals surface area (Å²) in [6, 6.07) is 0.0498. The molecule has 2 rings (SSSR count). The van der Waals surface area contributed by atoms with Gasteiger partial charge in [0, 0.05) is 19.6 Å². The van der Waals surface area contributed by atoms with Gasteiger partial charge in [-0.3, -0.25) is 9.69 Å². The van der Waals surface area contributed by atoms with E-state index in [-0.39, 0.29) is 17.6 Å². The summed E-state index contributed by atoms with van der Waals surface area (Å²) in [5.74, 6) is 0.159. The van der Waals surface area contributed by atoms with E-state index in [1.54, 1.807) is 0 Å². The number of carbonyl (C=O) groups is 1. The van der Waals surface area contributed by atoms with Crippen molar-refractivity contribution in [1.29, 1.82) is 0 Å². The van der Waals surface area contributed by atoms with Crippen molar-refractivity contribution < 1.29 is 4.79 Å². The molecule has 1 amide bonds. The van der Waals surface area contributed by atoms with Crippen LogP contribution in [-0.2, 0) is 4.79 Å². The first-order valence-electron chi connectivity index (χ1n) is 4.41. The Morgan fingerprint density at radius 3 is 3.00 bits per heavy atom. The number of rotatable bonds is 0. The Balaban J connectivity index is 2.22. The maximum Gasteiger partial charge on any atom is 0.240 e. The van der Waals surface area contributed by atoms with Crippen LogP contribution >= 0.6 is 0 Å². The van der Waals surface area contributed by atoms with Gasteiger partial charge in [0.15, 0.2) is 0 Å². The Bertz CT molecular complexity index is 214. The fourth-order valence-corrected chi connectivity index (χ4v) is 2.06. The normalized spacial score (nSPS) is 34.5. The molecule has 0 bridgehead atoms. The van der Waals surface area contributed by atoms with E-state index in [0.717, 1.165) is 19.6 Å². The van der Waals surface area contributed by atoms with Crippen molar-refractivity contribution in [2.45, 2.75) is 25.6 Å². The lowest BCUT2D eigenvalue weighted by molar-refractivity contribution is -0.121. The van der Waals surface area contributed by atoms with E-state index in [1.165, 1.54) is 0 Å². The molecule has 0 aromatic heterocycles. The molecule has 2 saturated heterocycles. The van der Waals surface area contributed by atoms with Crippen molar-refractivity contribution in [3.63, 3.8) is 0 Å². The van der Waals surface area contributed by atoms with Gasteiger partial charge in [-0.2, -0.15) is 0 Å². The summed E-state index contributed by atoms with van der Waals surface area (Å²) in [6.45, 7) is 6.83. The average molecular weight is 169 g/mol. The third-order valence-electron chi connectivity index (χ3n) is 2.69. The number of piperazine rings is 1. The Morgan fingerprint density at radius 1 is 1.58 bits per heavy atom. The molecular weight excluding hydrogens is 154 g/mol. The van der Waals surface area contributed by atoms with Crippen LogP contribution in [0.15, 0.2) is 0 Å². The van der Waals surface area contributed by atoms with E-state index in [1.807, 2.05) is 0 Å². The highest BCUT2D eigenvalue weighted by Crippen LogP contribution is 2.22. The van der Waals surface area contributed by atoms with Gasteiger partial charge in [0.25, 0.3) is 0 Å². The summed E-state index contributed by atoms with van der Waals surface area (Å²) in [7, 11) is 0. The first-order chi connectivity index (χ1) is 5.61. The molecule has 0 aliphatic carbocycles. The van der Waals surface area contributed by atoms with Crippen molar-refractivity contribution in [3.8, 4) is 0 Å². The molecule has 0 aromatic carbocycles. The second kappa shape index (κ2) is 2.44. The highest BCUT2D eigenvalue weighted by atomic mass is 16.2. The number of amides is 1. The molecule has 2 aliphatic heterocycles. The SMILES string of the molecule is CC1(C)NC(=O)[C@@H]2CNCCN21. The summed E-state index contributed by atoms with van der Waals surface area (Å²) in [4.78, 5) is 13.7. The second-order valence-electron chi connectivity index (χ2n) is 3.96. The predicted molar refractivity (Wildman–Crippen MR) is 45.6 cm³/mol. The zero-order valence-electron chi connectivity index (χ0n) is 7.55. The van der Waals surface area contributed by atoms with Gasteiger partial charge in [-0.25, -0.2) is 0 Å². The molecule has 12 heavy (non-hydrogen) atoms. The van der Waals surface area contributed by atoms with E-state index in [2.05, 4.69) is 29.4 Å². The predicted octanol–water partition coefficient (Wildman–Crippen LogP) is -0.874. The first-order valence-corrected chi connectivity index (χ1v) is 4.41. The minimum atomic E-state index is -0.149. The van der Waals surface area contributed by atoms with Crippen molar-refractivity contribution >= 4 is 5.91 Å². The molecule has 4 heteroatoms. The van der Waals surface area contributed by atoms with E-state index < -0.39 is 0 Å². The molecule has 2 heterocycles. The summed E-state index contributed by atoms with van der Waals surface area (Å²) in [6.07, 6.45) is 0. The standard InChI is InChI=1S/C8H15N3O/c1-8(2)10-7(12)6-5-9-3-4-11(6)8/h6,9H,3-5H2,1-2H3,(H,10,12)/t6-/m0/s1. The molecule has 2 aliphatic rings. The van der Waals surface area contributed by atoms with Crippen molar-refractivity contribution in [2.24, 2.45) is 0 Å². The topological polar surface area (TPSA) is 44.4 Å². The van der Waals surface area contributed by atoms with Crippen molar-refractivity contribution in [1.82, 2.24) is 15.5 Å². The fourth-order valence-electron chi connectivity index (χ4n) is 2.06. The molecule has 1 atom stereocenters. The second-order valence-corrected chi connectivity index (χ2v) is 3.96. The largest absolute Gasteiger partial charge is 0.337 e. The highest BCUT2D eigenvalue weighted by Gasteiger charge is 2.45. The third kappa shape index (κ3) is 1.03. The highest BCUT2D eigenvalue weighted by molar-refractivity contribution is 5.85. The van der Waals surface area contributed by atoms with Crippen LogP contribution in [0.25, 0.3) is 0 Å². The summed E-state index contributed by atoms with van der Waals surface area (Å²) in [5.41, 5.74) is -0.149. The Kier molecular flexibility index (Phi) is 1.63. The third-order valence-corrected chi connectivity index (χ3v) is 2.69. The molecule has 0 radical (unpaired) electrons. The molecular formula is C8H15N3O. The van der Waals surface area contributed by atoms with E-state index in [0.29, 0.717) is 0 Å². The lowest BCUT2D eigenvalue weighted by Crippen LogP contribution is -2.56. The van der Waals surface area contributed by atoms with Crippen LogP contribution in [0.5, 0.6) is 0 Å². The van der Waals surface area contributed by atoms with Crippen LogP contribution in [0.1, 0.15) is 13.8 Å². The molecule has 2 N–H and O–H groups in total. The van der Waals surface area contributed by atoms with Gasteiger partial charge in [0.2, 0.25) is 5.91 Å². The van der Waals surface area contributed by atoms with Gasteiger partial charge in [-0.05, 0) is 13.8 Å². The van der Waals surface area contributed by atoms with Crippen LogP contribution in [0.2, 0.25) is 0 Å². The van der Waals surface area contributed by atoms with Crippen molar-refractivity contribution in [3.05, 3.63) is 0 Å². The van der Waals surface area contributed by atoms with Crippen molar-refractivity contribution in [2.75, 3.05) is 19.6 Å². The van der Waals surface area contributed by atoms with Crippen LogP contribution < -0.4 is 10.6 Å². The number of hydrogen-bond donors (Lipinski definition) is 2. The fraction of sp³-hybridized carbons (Fsp3) is 0.875. The lowest BCUT2D eigenvalue weighted by atomic mass is 10.1. The minimum absolute atomic E-state index is 0.0498. The van der Waals surface area contributed by atoms with Crippen LogP contribution in [0.4, 0.5) is 0 Å². The summed E-state index contributed by atoms with van der Waals surface area (Å²) >= 11 is 0. The number of carbonyl (C=O) groups excluding carboxylic acids is 1. The van der Waals surface area contributed by atoms with Crippen LogP contribution in [0.3, 0.4) is 0 Å². The molecule has 2 fully saturated rings. The maximum atomic E-state index is 11.4. The molecule has 0 unspecified atom stereocenters. The quantitative estimate of drug-likeness (QED) is 0.495. The average Bonchev–Trinajstić information content (AvgIpc) is 2.25. The smallest absolute Gasteiger partial charge is 0.240 e. The van der Waals surface area contributed by atoms with E-state index >= 15 is 0 Å². The monoisotopic (exact) mass is 169 g/mol. The Labute approximate surface area is 72.3 Å². The van der Waals surface area contributed by atoms with E-state index in [4.69, 9.17) is 0 Å². The zero-order valence-corrected chi connectivity index (χ0v) is 7.55. The Morgan fingerprint density at radius 2 is 2.33 bits per heavy atom. The van der Waals surface area contributed by atoms with E-state index in [9.17, 15) is 4.79 Å². The van der Waals surface area contributed by atoms with Gasteiger partial charge in [0.1, 0.15) is 6.04 Å². The van der Waals surface area contributed by atoms with Gasteiger partial charge in [-0.1, -0.05) is 0 Å². The molecule has 0 aromatic rings. The number of hydrogen-bond acceptors (Lipinski definition) is 3. The summed E-state index contributed by atoms with van der Waals surface area (Å²) < 4.78 is 0. The number of nitrogens with zero attached hydrogens (tertiary/aromatic N) is 1. The van der Waals surface area contributed by atoms with Gasteiger partial charge in [0.05, 0.1) is 5.66 Å². The van der Waals surface area contributed by atoms with Crippen LogP contribution in [-0.4, -0.2) is 42.1 Å².